The summed E-state index contributed by atoms with van der Waals surface area (Å²) < 4.78 is 6.98. The molecule has 0 aliphatic rings. The van der Waals surface area contributed by atoms with Gasteiger partial charge in [0.1, 0.15) is 5.75 Å². The average Bonchev–Trinajstić information content (AvgIpc) is 3.07. The lowest BCUT2D eigenvalue weighted by molar-refractivity contribution is -0.301. The van der Waals surface area contributed by atoms with E-state index in [2.05, 4.69) is 15.5 Å². The molecule has 0 saturated carbocycles. The molecule has 0 saturated heterocycles. The minimum Gasteiger partial charge on any atom is -0.549 e. The Morgan fingerprint density at radius 2 is 2.04 bits per heavy atom. The summed E-state index contributed by atoms with van der Waals surface area (Å²) in [5.74, 6) is -0.0334. The summed E-state index contributed by atoms with van der Waals surface area (Å²) in [6, 6.07) is 14.7. The molecule has 1 aromatic heterocycles. The summed E-state index contributed by atoms with van der Waals surface area (Å²) in [5, 5.41) is 23.5. The Morgan fingerprint density at radius 1 is 1.26 bits per heavy atom. The van der Waals surface area contributed by atoms with Gasteiger partial charge in [0.25, 0.3) is 0 Å². The second-order valence-corrected chi connectivity index (χ2v) is 6.84. The summed E-state index contributed by atoms with van der Waals surface area (Å²) in [6.45, 7) is 0.380. The Kier molecular flexibility index (Phi) is 6.20. The van der Waals surface area contributed by atoms with Gasteiger partial charge < -0.3 is 20.0 Å². The highest BCUT2D eigenvalue weighted by Gasteiger charge is 2.15. The number of methoxy groups -OCH3 is 1. The van der Waals surface area contributed by atoms with E-state index >= 15 is 0 Å². The molecule has 1 heterocycles. The maximum atomic E-state index is 10.8. The largest absolute Gasteiger partial charge is 0.549 e. The maximum absolute atomic E-state index is 10.8. The van der Waals surface area contributed by atoms with Crippen molar-refractivity contribution in [3.63, 3.8) is 0 Å². The van der Waals surface area contributed by atoms with Gasteiger partial charge in [0, 0.05) is 22.2 Å². The number of aromatic nitrogens is 3. The predicted octanol–water partition coefficient (Wildman–Crippen LogP) is 2.38. The van der Waals surface area contributed by atoms with Crippen molar-refractivity contribution in [2.24, 2.45) is 0 Å². The first kappa shape index (κ1) is 19.1. The van der Waals surface area contributed by atoms with Crippen LogP contribution < -0.4 is 15.2 Å². The van der Waals surface area contributed by atoms with Gasteiger partial charge in [-0.15, -0.1) is 10.2 Å². The lowest BCUT2D eigenvalue weighted by Crippen LogP contribution is -2.24. The van der Waals surface area contributed by atoms with Crippen LogP contribution >= 0.6 is 23.4 Å². The van der Waals surface area contributed by atoms with Crippen LogP contribution in [0.5, 0.6) is 5.75 Å². The quantitative estimate of drug-likeness (QED) is 0.577. The van der Waals surface area contributed by atoms with Gasteiger partial charge in [0.15, 0.2) is 11.0 Å². The highest BCUT2D eigenvalue weighted by Crippen LogP contribution is 2.24. The van der Waals surface area contributed by atoms with Crippen LogP contribution in [0.3, 0.4) is 0 Å². The second-order valence-electron chi connectivity index (χ2n) is 5.46. The molecule has 0 radical (unpaired) electrons. The summed E-state index contributed by atoms with van der Waals surface area (Å²) in [7, 11) is 1.59. The Morgan fingerprint density at radius 3 is 2.70 bits per heavy atom. The van der Waals surface area contributed by atoms with Crippen LogP contribution in [0, 0.1) is 0 Å². The van der Waals surface area contributed by atoms with Gasteiger partial charge in [-0.2, -0.15) is 0 Å². The summed E-state index contributed by atoms with van der Waals surface area (Å²) in [5.41, 5.74) is 1.64. The number of carboxylic acid groups (broad SMARTS) is 1. The molecule has 2 aromatic carbocycles. The Hall–Kier alpha value is -2.71. The molecule has 0 fully saturated rings. The van der Waals surface area contributed by atoms with Crippen LogP contribution in [0.25, 0.3) is 5.69 Å². The van der Waals surface area contributed by atoms with Crippen LogP contribution in [-0.2, 0) is 11.3 Å². The number of rotatable bonds is 8. The molecule has 0 unspecified atom stereocenters. The molecular formula is C18H16ClN4O3S-. The number of halogens is 1. The van der Waals surface area contributed by atoms with E-state index in [0.29, 0.717) is 22.5 Å². The van der Waals surface area contributed by atoms with Gasteiger partial charge in [0.2, 0.25) is 0 Å². The molecule has 0 bridgehead atoms. The Balaban J connectivity index is 1.88. The number of carbonyl (C=O) groups is 1. The smallest absolute Gasteiger partial charge is 0.196 e. The third-order valence-electron chi connectivity index (χ3n) is 3.63. The number of carbonyl (C=O) groups excluding carboxylic acids is 1. The topological polar surface area (TPSA) is 92.1 Å². The minimum absolute atomic E-state index is 0.212. The first-order chi connectivity index (χ1) is 13.1. The normalized spacial score (nSPS) is 10.6. The van der Waals surface area contributed by atoms with E-state index in [1.165, 1.54) is 0 Å². The average molecular weight is 404 g/mol. The molecule has 1 N–H and O–H groups in total. The molecule has 140 valence electrons. The zero-order chi connectivity index (χ0) is 19.2. The molecule has 27 heavy (non-hydrogen) atoms. The van der Waals surface area contributed by atoms with Gasteiger partial charge in [0.05, 0.1) is 19.6 Å². The van der Waals surface area contributed by atoms with Crippen molar-refractivity contribution in [1.82, 2.24) is 14.8 Å². The van der Waals surface area contributed by atoms with E-state index in [-0.39, 0.29) is 5.75 Å². The van der Waals surface area contributed by atoms with Crippen molar-refractivity contribution in [2.45, 2.75) is 11.7 Å². The first-order valence-corrected chi connectivity index (χ1v) is 9.34. The van der Waals surface area contributed by atoms with Crippen LogP contribution in [0.1, 0.15) is 5.82 Å². The number of benzene rings is 2. The number of anilines is 1. The third kappa shape index (κ3) is 4.93. The summed E-state index contributed by atoms with van der Waals surface area (Å²) >= 11 is 7.06. The van der Waals surface area contributed by atoms with Crippen molar-refractivity contribution in [3.05, 3.63) is 59.4 Å². The lowest BCUT2D eigenvalue weighted by atomic mass is 10.3. The van der Waals surface area contributed by atoms with Crippen molar-refractivity contribution in [1.29, 1.82) is 0 Å². The standard InChI is InChI=1S/C18H17ClN4O3S/c1-26-15-7-5-14(6-8-15)23-16(21-22-18(23)27-11-17(24)25)10-20-13-4-2-3-12(19)9-13/h2-9,20H,10-11H2,1H3,(H,24,25)/p-1. The summed E-state index contributed by atoms with van der Waals surface area (Å²) in [4.78, 5) is 10.8. The number of hydrogen-bond acceptors (Lipinski definition) is 7. The number of carboxylic acids is 1. The van der Waals surface area contributed by atoms with Crippen molar-refractivity contribution in [3.8, 4) is 11.4 Å². The molecule has 3 aromatic rings. The van der Waals surface area contributed by atoms with Crippen molar-refractivity contribution >= 4 is 35.0 Å². The van der Waals surface area contributed by atoms with E-state index in [1.807, 2.05) is 36.4 Å². The van der Waals surface area contributed by atoms with Crippen LogP contribution in [0.15, 0.2) is 53.7 Å². The first-order valence-electron chi connectivity index (χ1n) is 7.97. The molecule has 0 aliphatic carbocycles. The SMILES string of the molecule is COc1ccc(-n2c(CNc3cccc(Cl)c3)nnc2SCC(=O)[O-])cc1. The minimum atomic E-state index is -1.16. The Labute approximate surface area is 165 Å². The van der Waals surface area contributed by atoms with E-state index in [0.717, 1.165) is 28.9 Å². The number of ether oxygens (including phenoxy) is 1. The van der Waals surface area contributed by atoms with E-state index in [1.54, 1.807) is 23.8 Å². The van der Waals surface area contributed by atoms with Crippen molar-refractivity contribution in [2.75, 3.05) is 18.2 Å². The van der Waals surface area contributed by atoms with Crippen LogP contribution in [0.4, 0.5) is 5.69 Å². The van der Waals surface area contributed by atoms with Gasteiger partial charge in [-0.25, -0.2) is 0 Å². The monoisotopic (exact) mass is 403 g/mol. The van der Waals surface area contributed by atoms with Crippen LogP contribution in [0.2, 0.25) is 5.02 Å². The Bertz CT molecular complexity index is 931. The molecule has 0 aliphatic heterocycles. The zero-order valence-corrected chi connectivity index (χ0v) is 16.0. The number of nitrogens with one attached hydrogen (secondary N) is 1. The lowest BCUT2D eigenvalue weighted by Gasteiger charge is -2.12. The number of hydrogen-bond donors (Lipinski definition) is 1. The maximum Gasteiger partial charge on any atom is 0.196 e. The predicted molar refractivity (Wildman–Crippen MR) is 102 cm³/mol. The van der Waals surface area contributed by atoms with E-state index < -0.39 is 5.97 Å². The molecule has 0 atom stereocenters. The fourth-order valence-electron chi connectivity index (χ4n) is 2.40. The summed E-state index contributed by atoms with van der Waals surface area (Å²) in [6.07, 6.45) is 0. The van der Waals surface area contributed by atoms with Gasteiger partial charge in [-0.1, -0.05) is 29.4 Å². The number of thioether (sulfide) groups is 1. The molecule has 0 amide bonds. The van der Waals surface area contributed by atoms with Gasteiger partial charge >= 0.3 is 0 Å². The van der Waals surface area contributed by atoms with E-state index in [4.69, 9.17) is 16.3 Å². The second kappa shape index (κ2) is 8.79. The zero-order valence-electron chi connectivity index (χ0n) is 14.4. The third-order valence-corrected chi connectivity index (χ3v) is 4.76. The van der Waals surface area contributed by atoms with Gasteiger partial charge in [-0.3, -0.25) is 4.57 Å². The fraction of sp³-hybridized carbons (Fsp3) is 0.167. The number of aliphatic carboxylic acids is 1. The molecule has 0 spiro atoms. The number of nitrogens with zero attached hydrogens (tertiary/aromatic N) is 3. The molecule has 3 rings (SSSR count). The molecular weight excluding hydrogens is 388 g/mol. The van der Waals surface area contributed by atoms with E-state index in [9.17, 15) is 9.90 Å². The molecule has 7 nitrogen and oxygen atoms in total. The van der Waals surface area contributed by atoms with Gasteiger partial charge in [-0.05, 0) is 42.5 Å². The highest BCUT2D eigenvalue weighted by atomic mass is 35.5. The van der Waals surface area contributed by atoms with Crippen molar-refractivity contribution < 1.29 is 14.6 Å². The highest BCUT2D eigenvalue weighted by molar-refractivity contribution is 7.99. The fourth-order valence-corrected chi connectivity index (χ4v) is 3.28. The van der Waals surface area contributed by atoms with Crippen LogP contribution in [-0.4, -0.2) is 33.6 Å². The molecule has 9 heteroatoms.